The van der Waals surface area contributed by atoms with Crippen molar-refractivity contribution in [1.82, 2.24) is 19.0 Å². The Labute approximate surface area is 234 Å². The zero-order valence-electron chi connectivity index (χ0n) is 22.2. The maximum absolute atomic E-state index is 12.3. The van der Waals surface area contributed by atoms with Gasteiger partial charge in [-0.05, 0) is 36.8 Å². The van der Waals surface area contributed by atoms with E-state index in [2.05, 4.69) is 15.9 Å². The van der Waals surface area contributed by atoms with E-state index >= 15 is 0 Å². The van der Waals surface area contributed by atoms with Crippen molar-refractivity contribution >= 4 is 27.3 Å². The summed E-state index contributed by atoms with van der Waals surface area (Å²) in [5, 5.41) is 26.1. The SMILES string of the molecule is Cc1cc(-c2nn(CC(O)CN3CCN(c4ccccc4C#N)CC3)c3c2CN(S(C)(=O)=O)CC3)ccc1Cl. The molecule has 5 rings (SSSR count). The van der Waals surface area contributed by atoms with Gasteiger partial charge in [0, 0.05) is 74.1 Å². The molecule has 2 aromatic carbocycles. The number of para-hydroxylation sites is 1. The Morgan fingerprint density at radius 2 is 1.85 bits per heavy atom. The summed E-state index contributed by atoms with van der Waals surface area (Å²) in [5.74, 6) is 0. The number of benzene rings is 2. The Hall–Kier alpha value is -2.94. The highest BCUT2D eigenvalue weighted by Crippen LogP contribution is 2.33. The molecule has 1 unspecified atom stereocenters. The Morgan fingerprint density at radius 3 is 2.54 bits per heavy atom. The van der Waals surface area contributed by atoms with Gasteiger partial charge in [0.05, 0.1) is 35.8 Å². The number of anilines is 1. The van der Waals surface area contributed by atoms with Crippen LogP contribution in [0.3, 0.4) is 0 Å². The molecule has 1 saturated heterocycles. The number of hydrogen-bond donors (Lipinski definition) is 1. The summed E-state index contributed by atoms with van der Waals surface area (Å²) in [5.41, 5.74) is 6.01. The summed E-state index contributed by atoms with van der Waals surface area (Å²) in [6, 6.07) is 15.6. The molecule has 0 amide bonds. The van der Waals surface area contributed by atoms with Crippen molar-refractivity contribution in [2.24, 2.45) is 0 Å². The minimum absolute atomic E-state index is 0.257. The predicted octanol–water partition coefficient (Wildman–Crippen LogP) is 2.88. The van der Waals surface area contributed by atoms with Crippen LogP contribution in [0.4, 0.5) is 5.69 Å². The lowest BCUT2D eigenvalue weighted by Crippen LogP contribution is -2.49. The van der Waals surface area contributed by atoms with Gasteiger partial charge in [0.1, 0.15) is 6.07 Å². The van der Waals surface area contributed by atoms with Gasteiger partial charge in [0.25, 0.3) is 0 Å². The number of aliphatic hydroxyl groups is 1. The molecule has 39 heavy (non-hydrogen) atoms. The van der Waals surface area contributed by atoms with Gasteiger partial charge in [-0.1, -0.05) is 29.8 Å². The molecule has 1 atom stereocenters. The Balaban J connectivity index is 1.31. The van der Waals surface area contributed by atoms with Crippen molar-refractivity contribution in [3.8, 4) is 17.3 Å². The number of hydrogen-bond acceptors (Lipinski definition) is 7. The first-order chi connectivity index (χ1) is 18.6. The maximum atomic E-state index is 12.3. The summed E-state index contributed by atoms with van der Waals surface area (Å²) < 4.78 is 28.0. The third-order valence-electron chi connectivity index (χ3n) is 7.59. The molecule has 0 saturated carbocycles. The van der Waals surface area contributed by atoms with Crippen molar-refractivity contribution < 1.29 is 13.5 Å². The molecule has 0 spiro atoms. The topological polar surface area (TPSA) is 106 Å². The maximum Gasteiger partial charge on any atom is 0.211 e. The van der Waals surface area contributed by atoms with Gasteiger partial charge in [0.15, 0.2) is 0 Å². The Kier molecular flexibility index (Phi) is 7.99. The van der Waals surface area contributed by atoms with Gasteiger partial charge >= 0.3 is 0 Å². The fraction of sp³-hybridized carbons (Fsp3) is 0.429. The third-order valence-corrected chi connectivity index (χ3v) is 9.26. The van der Waals surface area contributed by atoms with Crippen LogP contribution in [0.25, 0.3) is 11.3 Å². The summed E-state index contributed by atoms with van der Waals surface area (Å²) in [6.45, 7) is 6.54. The van der Waals surface area contributed by atoms with E-state index in [1.165, 1.54) is 10.6 Å². The molecule has 2 aliphatic heterocycles. The normalized spacial score (nSPS) is 17.6. The van der Waals surface area contributed by atoms with Gasteiger partial charge < -0.3 is 10.0 Å². The summed E-state index contributed by atoms with van der Waals surface area (Å²) in [7, 11) is -3.35. The van der Waals surface area contributed by atoms with Gasteiger partial charge in [-0.25, -0.2) is 8.42 Å². The number of piperazine rings is 1. The summed E-state index contributed by atoms with van der Waals surface area (Å²) in [6.07, 6.45) is 1.13. The molecule has 0 aliphatic carbocycles. The third kappa shape index (κ3) is 5.98. The minimum atomic E-state index is -3.35. The first-order valence-electron chi connectivity index (χ1n) is 13.1. The van der Waals surface area contributed by atoms with E-state index < -0.39 is 16.1 Å². The van der Waals surface area contributed by atoms with E-state index in [9.17, 15) is 18.8 Å². The lowest BCUT2D eigenvalue weighted by atomic mass is 10.0. The fourth-order valence-corrected chi connectivity index (χ4v) is 6.40. The highest BCUT2D eigenvalue weighted by Gasteiger charge is 2.31. The van der Waals surface area contributed by atoms with Gasteiger partial charge in [-0.3, -0.25) is 9.58 Å². The number of rotatable bonds is 7. The molecule has 2 aliphatic rings. The summed E-state index contributed by atoms with van der Waals surface area (Å²) >= 11 is 6.25. The summed E-state index contributed by atoms with van der Waals surface area (Å²) in [4.78, 5) is 4.46. The largest absolute Gasteiger partial charge is 0.390 e. The lowest BCUT2D eigenvalue weighted by Gasteiger charge is -2.37. The first kappa shape index (κ1) is 27.6. The average Bonchev–Trinajstić information content (AvgIpc) is 3.27. The number of nitriles is 1. The molecular formula is C28H33ClN6O3S. The molecular weight excluding hydrogens is 536 g/mol. The van der Waals surface area contributed by atoms with Crippen LogP contribution in [0.1, 0.15) is 22.4 Å². The number of halogens is 1. The van der Waals surface area contributed by atoms with Crippen LogP contribution in [0, 0.1) is 18.3 Å². The standard InChI is InChI=1S/C28H33ClN6O3S/c1-20-15-21(7-8-25(20)29)28-24-19-34(39(2,37)38)10-9-27(24)35(31-28)18-23(36)17-32-11-13-33(14-12-32)26-6-4-3-5-22(26)16-30/h3-8,15,23,36H,9-14,17-19H2,1-2H3. The zero-order valence-corrected chi connectivity index (χ0v) is 23.8. The number of aliphatic hydroxyl groups excluding tert-OH is 1. The van der Waals surface area contributed by atoms with Crippen LogP contribution < -0.4 is 4.90 Å². The Morgan fingerprint density at radius 1 is 1.10 bits per heavy atom. The smallest absolute Gasteiger partial charge is 0.211 e. The van der Waals surface area contributed by atoms with Crippen LogP contribution in [0.15, 0.2) is 42.5 Å². The molecule has 3 heterocycles. The van der Waals surface area contributed by atoms with E-state index in [0.717, 1.165) is 59.9 Å². The first-order valence-corrected chi connectivity index (χ1v) is 15.3. The lowest BCUT2D eigenvalue weighted by molar-refractivity contribution is 0.0911. The Bertz CT molecular complexity index is 1510. The van der Waals surface area contributed by atoms with Crippen molar-refractivity contribution in [1.29, 1.82) is 5.26 Å². The monoisotopic (exact) mass is 568 g/mol. The second kappa shape index (κ2) is 11.3. The van der Waals surface area contributed by atoms with Crippen molar-refractivity contribution in [2.45, 2.75) is 32.5 Å². The second-order valence-corrected chi connectivity index (χ2v) is 12.7. The number of sulfonamides is 1. The second-order valence-electron chi connectivity index (χ2n) is 10.3. The van der Waals surface area contributed by atoms with Crippen molar-refractivity contribution in [3.63, 3.8) is 0 Å². The zero-order chi connectivity index (χ0) is 27.7. The molecule has 1 aromatic heterocycles. The molecule has 206 valence electrons. The van der Waals surface area contributed by atoms with E-state index in [0.29, 0.717) is 36.6 Å². The fourth-order valence-electron chi connectivity index (χ4n) is 5.49. The number of aromatic nitrogens is 2. The van der Waals surface area contributed by atoms with E-state index in [4.69, 9.17) is 16.7 Å². The molecule has 3 aromatic rings. The van der Waals surface area contributed by atoms with Gasteiger partial charge in [-0.15, -0.1) is 0 Å². The van der Waals surface area contributed by atoms with E-state index in [1.54, 1.807) is 0 Å². The van der Waals surface area contributed by atoms with Crippen LogP contribution in [-0.2, 0) is 29.5 Å². The van der Waals surface area contributed by atoms with Crippen LogP contribution in [0.2, 0.25) is 5.02 Å². The van der Waals surface area contributed by atoms with Gasteiger partial charge in [-0.2, -0.15) is 14.7 Å². The molecule has 1 N–H and O–H groups in total. The molecule has 0 radical (unpaired) electrons. The molecule has 11 heteroatoms. The average molecular weight is 569 g/mol. The highest BCUT2D eigenvalue weighted by molar-refractivity contribution is 7.88. The van der Waals surface area contributed by atoms with Gasteiger partial charge in [0.2, 0.25) is 10.0 Å². The predicted molar refractivity (Wildman–Crippen MR) is 152 cm³/mol. The molecule has 1 fully saturated rings. The van der Waals surface area contributed by atoms with Crippen molar-refractivity contribution in [2.75, 3.05) is 50.4 Å². The number of β-amino-alcohol motifs (C(OH)–C–C–N with tert-alkyl or cyclic N) is 1. The van der Waals surface area contributed by atoms with Crippen LogP contribution >= 0.6 is 11.6 Å². The van der Waals surface area contributed by atoms with E-state index in [1.807, 2.05) is 54.1 Å². The molecule has 0 bridgehead atoms. The number of nitrogens with zero attached hydrogens (tertiary/aromatic N) is 6. The number of aryl methyl sites for hydroxylation is 1. The van der Waals surface area contributed by atoms with Crippen molar-refractivity contribution in [3.05, 3.63) is 69.9 Å². The number of fused-ring (bicyclic) bond motifs is 1. The van der Waals surface area contributed by atoms with Crippen LogP contribution in [-0.4, -0.2) is 84.1 Å². The highest BCUT2D eigenvalue weighted by atomic mass is 35.5. The molecule has 9 nitrogen and oxygen atoms in total. The quantitative estimate of drug-likeness (QED) is 0.467. The van der Waals surface area contributed by atoms with E-state index in [-0.39, 0.29) is 6.54 Å². The minimum Gasteiger partial charge on any atom is -0.390 e. The van der Waals surface area contributed by atoms with Crippen LogP contribution in [0.5, 0.6) is 0 Å².